The number of aromatic nitrogens is 3. The van der Waals surface area contributed by atoms with Gasteiger partial charge in [-0.15, -0.1) is 0 Å². The minimum absolute atomic E-state index is 0.436. The normalized spacial score (nSPS) is 11.0. The molecule has 0 aliphatic heterocycles. The van der Waals surface area contributed by atoms with E-state index in [0.717, 1.165) is 0 Å². The van der Waals surface area contributed by atoms with Crippen LogP contribution in [0.2, 0.25) is 0 Å². The van der Waals surface area contributed by atoms with E-state index < -0.39 is 0 Å². The molecule has 0 saturated heterocycles. The number of rotatable bonds is 4. The molecule has 0 aliphatic rings. The smallest absolute Gasteiger partial charge is 0.260 e. The number of hydrazine groups is 1. The van der Waals surface area contributed by atoms with Crippen molar-refractivity contribution in [2.75, 3.05) is 12.0 Å². The molecule has 2 aromatic rings. The summed E-state index contributed by atoms with van der Waals surface area (Å²) < 4.78 is 7.41. The van der Waals surface area contributed by atoms with Crippen molar-refractivity contribution in [2.24, 2.45) is 11.8 Å². The average molecular weight is 221 g/mol. The van der Waals surface area contributed by atoms with Crippen LogP contribution in [0.15, 0.2) is 18.6 Å². The number of anilines is 1. The third-order valence-corrected chi connectivity index (χ3v) is 2.04. The number of ether oxygens (including phenoxy) is 1. The van der Waals surface area contributed by atoms with Gasteiger partial charge in [0.05, 0.1) is 12.8 Å². The Morgan fingerprint density at radius 3 is 3.06 bits per heavy atom. The molecular weight excluding hydrogens is 206 g/mol. The van der Waals surface area contributed by atoms with Gasteiger partial charge in [0, 0.05) is 12.4 Å². The zero-order valence-corrected chi connectivity index (χ0v) is 9.34. The molecule has 0 fully saturated rings. The molecule has 16 heavy (non-hydrogen) atoms. The third-order valence-electron chi connectivity index (χ3n) is 2.04. The highest BCUT2D eigenvalue weighted by atomic mass is 16.5. The van der Waals surface area contributed by atoms with Crippen molar-refractivity contribution in [3.8, 4) is 5.88 Å². The lowest BCUT2D eigenvalue weighted by molar-refractivity contribution is 0.263. The summed E-state index contributed by atoms with van der Waals surface area (Å²) in [5, 5.41) is 0. The van der Waals surface area contributed by atoms with Gasteiger partial charge in [0.1, 0.15) is 0 Å². The Labute approximate surface area is 93.4 Å². The quantitative estimate of drug-likeness (QED) is 0.596. The Morgan fingerprint density at radius 2 is 2.38 bits per heavy atom. The van der Waals surface area contributed by atoms with E-state index in [2.05, 4.69) is 29.2 Å². The highest BCUT2D eigenvalue weighted by Crippen LogP contribution is 2.18. The van der Waals surface area contributed by atoms with Gasteiger partial charge in [0.25, 0.3) is 5.88 Å². The van der Waals surface area contributed by atoms with Gasteiger partial charge in [-0.2, -0.15) is 4.98 Å². The molecule has 0 spiro atoms. The molecule has 0 radical (unpaired) electrons. The second-order valence-electron chi connectivity index (χ2n) is 3.94. The van der Waals surface area contributed by atoms with Crippen LogP contribution in [0, 0.1) is 5.92 Å². The SMILES string of the molecule is CC(C)COc1nc(NN)cn2ccnc12. The summed E-state index contributed by atoms with van der Waals surface area (Å²) in [7, 11) is 0. The number of imidazole rings is 1. The largest absolute Gasteiger partial charge is 0.475 e. The predicted molar refractivity (Wildman–Crippen MR) is 61.1 cm³/mol. The fourth-order valence-electron chi connectivity index (χ4n) is 1.31. The zero-order valence-electron chi connectivity index (χ0n) is 9.34. The van der Waals surface area contributed by atoms with Crippen molar-refractivity contribution in [3.63, 3.8) is 0 Å². The highest BCUT2D eigenvalue weighted by Gasteiger charge is 2.08. The molecule has 2 heterocycles. The molecular formula is C10H15N5O. The summed E-state index contributed by atoms with van der Waals surface area (Å²) in [5.41, 5.74) is 3.19. The number of hydrogen-bond donors (Lipinski definition) is 2. The molecule has 3 N–H and O–H groups in total. The van der Waals surface area contributed by atoms with Gasteiger partial charge in [-0.3, -0.25) is 4.40 Å². The number of nitrogens with one attached hydrogen (secondary N) is 1. The second-order valence-corrected chi connectivity index (χ2v) is 3.94. The van der Waals surface area contributed by atoms with Gasteiger partial charge < -0.3 is 10.2 Å². The number of nitrogens with zero attached hydrogens (tertiary/aromatic N) is 3. The molecule has 0 atom stereocenters. The molecule has 0 bridgehead atoms. The van der Waals surface area contributed by atoms with Crippen LogP contribution in [0.25, 0.3) is 5.65 Å². The van der Waals surface area contributed by atoms with Crippen molar-refractivity contribution >= 4 is 11.5 Å². The first-order valence-corrected chi connectivity index (χ1v) is 5.14. The maximum Gasteiger partial charge on any atom is 0.260 e. The van der Waals surface area contributed by atoms with Crippen molar-refractivity contribution in [1.29, 1.82) is 0 Å². The van der Waals surface area contributed by atoms with E-state index in [9.17, 15) is 0 Å². The van der Waals surface area contributed by atoms with Gasteiger partial charge in [-0.1, -0.05) is 13.8 Å². The first kappa shape index (κ1) is 10.7. The van der Waals surface area contributed by atoms with Crippen LogP contribution in [0.3, 0.4) is 0 Å². The van der Waals surface area contributed by atoms with Crippen LogP contribution in [0.5, 0.6) is 5.88 Å². The summed E-state index contributed by atoms with van der Waals surface area (Å²) in [4.78, 5) is 8.40. The molecule has 6 nitrogen and oxygen atoms in total. The summed E-state index contributed by atoms with van der Waals surface area (Å²) in [6.45, 7) is 4.76. The van der Waals surface area contributed by atoms with Crippen molar-refractivity contribution < 1.29 is 4.74 Å². The first-order chi connectivity index (χ1) is 7.70. The van der Waals surface area contributed by atoms with Crippen molar-refractivity contribution in [1.82, 2.24) is 14.4 Å². The standard InChI is InChI=1S/C10H15N5O/c1-7(2)6-16-10-9-12-3-4-15(9)5-8(13-10)14-11/h3-5,7,14H,6,11H2,1-2H3. The van der Waals surface area contributed by atoms with Crippen molar-refractivity contribution in [2.45, 2.75) is 13.8 Å². The topological polar surface area (TPSA) is 77.5 Å². The van der Waals surface area contributed by atoms with E-state index in [4.69, 9.17) is 10.6 Å². The molecule has 0 aromatic carbocycles. The molecule has 0 unspecified atom stereocenters. The molecule has 2 rings (SSSR count). The molecule has 86 valence electrons. The molecule has 0 saturated carbocycles. The molecule has 0 amide bonds. The van der Waals surface area contributed by atoms with E-state index in [1.807, 2.05) is 10.6 Å². The minimum Gasteiger partial charge on any atom is -0.475 e. The fraction of sp³-hybridized carbons (Fsp3) is 0.400. The fourth-order valence-corrected chi connectivity index (χ4v) is 1.31. The molecule has 0 aliphatic carbocycles. The maximum absolute atomic E-state index is 5.59. The van der Waals surface area contributed by atoms with Crippen LogP contribution in [0.4, 0.5) is 5.82 Å². The van der Waals surface area contributed by atoms with E-state index in [1.165, 1.54) is 0 Å². The monoisotopic (exact) mass is 221 g/mol. The average Bonchev–Trinajstić information content (AvgIpc) is 2.73. The van der Waals surface area contributed by atoms with Gasteiger partial charge in [0.15, 0.2) is 5.82 Å². The van der Waals surface area contributed by atoms with Crippen LogP contribution >= 0.6 is 0 Å². The Hall–Kier alpha value is -1.82. The van der Waals surface area contributed by atoms with E-state index >= 15 is 0 Å². The molecule has 2 aromatic heterocycles. The summed E-state index contributed by atoms with van der Waals surface area (Å²) in [5.74, 6) is 6.81. The van der Waals surface area contributed by atoms with Crippen LogP contribution < -0.4 is 16.0 Å². The van der Waals surface area contributed by atoms with Crippen molar-refractivity contribution in [3.05, 3.63) is 18.6 Å². The zero-order chi connectivity index (χ0) is 11.5. The van der Waals surface area contributed by atoms with Gasteiger partial charge in [0.2, 0.25) is 5.65 Å². The number of nitrogens with two attached hydrogens (primary N) is 1. The number of nitrogen functional groups attached to an aromatic ring is 1. The number of fused-ring (bicyclic) bond motifs is 1. The Morgan fingerprint density at radius 1 is 1.56 bits per heavy atom. The highest BCUT2D eigenvalue weighted by molar-refractivity contribution is 5.53. The van der Waals surface area contributed by atoms with E-state index in [-0.39, 0.29) is 0 Å². The summed E-state index contributed by atoms with van der Waals surface area (Å²) in [6, 6.07) is 0. The van der Waals surface area contributed by atoms with Gasteiger partial charge >= 0.3 is 0 Å². The number of hydrogen-bond acceptors (Lipinski definition) is 5. The third kappa shape index (κ3) is 2.06. The summed E-state index contributed by atoms with van der Waals surface area (Å²) in [6.07, 6.45) is 5.27. The lowest BCUT2D eigenvalue weighted by Gasteiger charge is -2.10. The predicted octanol–water partition coefficient (Wildman–Crippen LogP) is 1.05. The lowest BCUT2D eigenvalue weighted by Crippen LogP contribution is -2.12. The van der Waals surface area contributed by atoms with Crippen LogP contribution in [0.1, 0.15) is 13.8 Å². The van der Waals surface area contributed by atoms with Gasteiger partial charge in [-0.05, 0) is 5.92 Å². The Balaban J connectivity index is 2.36. The maximum atomic E-state index is 5.59. The second kappa shape index (κ2) is 4.36. The first-order valence-electron chi connectivity index (χ1n) is 5.14. The van der Waals surface area contributed by atoms with E-state index in [0.29, 0.717) is 29.9 Å². The van der Waals surface area contributed by atoms with Crippen LogP contribution in [-0.2, 0) is 0 Å². The minimum atomic E-state index is 0.436. The van der Waals surface area contributed by atoms with E-state index in [1.54, 1.807) is 12.4 Å². The van der Waals surface area contributed by atoms with Gasteiger partial charge in [-0.25, -0.2) is 10.8 Å². The lowest BCUT2D eigenvalue weighted by atomic mass is 10.2. The Bertz CT molecular complexity index is 479. The molecule has 6 heteroatoms. The Kier molecular flexibility index (Phi) is 2.91. The summed E-state index contributed by atoms with van der Waals surface area (Å²) >= 11 is 0. The van der Waals surface area contributed by atoms with Crippen LogP contribution in [-0.4, -0.2) is 21.0 Å².